The van der Waals surface area contributed by atoms with E-state index in [4.69, 9.17) is 38.0 Å². The Kier molecular flexibility index (Phi) is 9.17. The molecule has 2 aromatic rings. The molecule has 1 aliphatic rings. The van der Waals surface area contributed by atoms with Gasteiger partial charge in [0.05, 0.1) is 18.6 Å². The molecular formula is C24H24ClNO5S2. The number of hydrogen-bond donors (Lipinski definition) is 0. The van der Waals surface area contributed by atoms with Crippen molar-refractivity contribution < 1.29 is 23.8 Å². The Bertz CT molecular complexity index is 1070. The Morgan fingerprint density at radius 1 is 1.21 bits per heavy atom. The van der Waals surface area contributed by atoms with Gasteiger partial charge in [0, 0.05) is 23.6 Å². The van der Waals surface area contributed by atoms with E-state index in [0.717, 1.165) is 11.1 Å². The summed E-state index contributed by atoms with van der Waals surface area (Å²) in [5.74, 6) is 0.663. The highest BCUT2D eigenvalue weighted by Crippen LogP contribution is 2.35. The van der Waals surface area contributed by atoms with Crippen LogP contribution in [0.25, 0.3) is 6.08 Å². The van der Waals surface area contributed by atoms with E-state index >= 15 is 0 Å². The van der Waals surface area contributed by atoms with Crippen LogP contribution >= 0.6 is 35.6 Å². The van der Waals surface area contributed by atoms with Crippen LogP contribution in [0.2, 0.25) is 5.02 Å². The molecule has 3 rings (SSSR count). The average Bonchev–Trinajstić information content (AvgIpc) is 3.06. The zero-order chi connectivity index (χ0) is 23.8. The summed E-state index contributed by atoms with van der Waals surface area (Å²) in [6, 6.07) is 12.9. The molecule has 0 spiro atoms. The van der Waals surface area contributed by atoms with Gasteiger partial charge < -0.3 is 14.2 Å². The van der Waals surface area contributed by atoms with Gasteiger partial charge in [-0.15, -0.1) is 0 Å². The van der Waals surface area contributed by atoms with Gasteiger partial charge in [-0.3, -0.25) is 14.5 Å². The maximum Gasteiger partial charge on any atom is 0.305 e. The van der Waals surface area contributed by atoms with Crippen LogP contribution in [0.5, 0.6) is 11.5 Å². The summed E-state index contributed by atoms with van der Waals surface area (Å²) in [5, 5.41) is 0.636. The average molecular weight is 506 g/mol. The number of thioether (sulfide) groups is 1. The molecule has 1 aliphatic heterocycles. The van der Waals surface area contributed by atoms with Gasteiger partial charge >= 0.3 is 5.97 Å². The Labute approximate surface area is 207 Å². The molecule has 9 heteroatoms. The number of ether oxygens (including phenoxy) is 3. The Morgan fingerprint density at radius 2 is 2.00 bits per heavy atom. The molecule has 0 N–H and O–H groups in total. The van der Waals surface area contributed by atoms with E-state index in [1.165, 1.54) is 16.7 Å². The molecule has 33 heavy (non-hydrogen) atoms. The third kappa shape index (κ3) is 6.72. The smallest absolute Gasteiger partial charge is 0.305 e. The minimum Gasteiger partial charge on any atom is -0.493 e. The lowest BCUT2D eigenvalue weighted by atomic mass is 10.1. The number of rotatable bonds is 10. The topological polar surface area (TPSA) is 65.1 Å². The molecule has 0 unspecified atom stereocenters. The molecule has 0 radical (unpaired) electrons. The molecule has 0 aliphatic carbocycles. The van der Waals surface area contributed by atoms with Crippen LogP contribution in [-0.2, 0) is 20.9 Å². The van der Waals surface area contributed by atoms with Gasteiger partial charge in [0.15, 0.2) is 11.5 Å². The number of hydrogen-bond acceptors (Lipinski definition) is 7. The molecule has 1 saturated heterocycles. The van der Waals surface area contributed by atoms with Gasteiger partial charge in [0.2, 0.25) is 0 Å². The molecular weight excluding hydrogens is 482 g/mol. The fraction of sp³-hybridized carbons (Fsp3) is 0.292. The van der Waals surface area contributed by atoms with E-state index in [1.54, 1.807) is 32.2 Å². The summed E-state index contributed by atoms with van der Waals surface area (Å²) < 4.78 is 16.8. The summed E-state index contributed by atoms with van der Waals surface area (Å²) in [4.78, 5) is 26.3. The molecule has 1 fully saturated rings. The fourth-order valence-corrected chi connectivity index (χ4v) is 4.62. The van der Waals surface area contributed by atoms with E-state index in [1.807, 2.05) is 30.3 Å². The zero-order valence-electron chi connectivity index (χ0n) is 18.3. The number of methoxy groups -OCH3 is 1. The monoisotopic (exact) mass is 505 g/mol. The number of carbonyl (C=O) groups excluding carboxylic acids is 2. The van der Waals surface area contributed by atoms with Crippen LogP contribution in [0, 0.1) is 0 Å². The minimum atomic E-state index is -0.276. The summed E-state index contributed by atoms with van der Waals surface area (Å²) in [7, 11) is 1.56. The van der Waals surface area contributed by atoms with Crippen molar-refractivity contribution in [3.63, 3.8) is 0 Å². The van der Waals surface area contributed by atoms with E-state index in [9.17, 15) is 9.59 Å². The summed E-state index contributed by atoms with van der Waals surface area (Å²) in [5.41, 5.74) is 1.65. The van der Waals surface area contributed by atoms with E-state index < -0.39 is 0 Å². The molecule has 0 bridgehead atoms. The second-order valence-corrected chi connectivity index (χ2v) is 9.12. The van der Waals surface area contributed by atoms with Crippen LogP contribution < -0.4 is 9.47 Å². The minimum absolute atomic E-state index is 0.174. The first-order valence-electron chi connectivity index (χ1n) is 10.4. The molecule has 0 saturated carbocycles. The van der Waals surface area contributed by atoms with Crippen LogP contribution in [0.3, 0.4) is 0 Å². The number of nitrogens with zero attached hydrogens (tertiary/aromatic N) is 1. The van der Waals surface area contributed by atoms with Crippen LogP contribution in [-0.4, -0.2) is 41.4 Å². The van der Waals surface area contributed by atoms with Gasteiger partial charge in [0.25, 0.3) is 5.91 Å². The number of carbonyl (C=O) groups is 2. The SMILES string of the molecule is CCOC(=O)CCCN1C(=O)/C(=C/c2ccc(OCc3ccccc3Cl)c(OC)c2)SC1=S. The largest absolute Gasteiger partial charge is 0.493 e. The normalized spacial score (nSPS) is 14.6. The first kappa shape index (κ1) is 25.1. The maximum atomic E-state index is 12.8. The van der Waals surface area contributed by atoms with Gasteiger partial charge in [-0.2, -0.15) is 0 Å². The second-order valence-electron chi connectivity index (χ2n) is 7.03. The number of thiocarbonyl (C=S) groups is 1. The molecule has 1 heterocycles. The highest BCUT2D eigenvalue weighted by atomic mass is 35.5. The third-order valence-corrected chi connectivity index (χ3v) is 6.51. The molecule has 2 aromatic carbocycles. The van der Waals surface area contributed by atoms with Gasteiger partial charge in [-0.05, 0) is 43.2 Å². The Morgan fingerprint density at radius 3 is 2.73 bits per heavy atom. The van der Waals surface area contributed by atoms with Crippen LogP contribution in [0.4, 0.5) is 0 Å². The first-order valence-corrected chi connectivity index (χ1v) is 12.0. The maximum absolute atomic E-state index is 12.8. The Balaban J connectivity index is 1.66. The van der Waals surface area contributed by atoms with Crippen LogP contribution in [0.1, 0.15) is 30.9 Å². The molecule has 0 atom stereocenters. The van der Waals surface area contributed by atoms with Gasteiger partial charge in [0.1, 0.15) is 10.9 Å². The predicted molar refractivity (Wildman–Crippen MR) is 135 cm³/mol. The summed E-state index contributed by atoms with van der Waals surface area (Å²) >= 11 is 12.8. The molecule has 174 valence electrons. The van der Waals surface area contributed by atoms with E-state index in [2.05, 4.69) is 0 Å². The number of amides is 1. The molecule has 1 amide bonds. The van der Waals surface area contributed by atoms with Crippen molar-refractivity contribution >= 4 is 57.9 Å². The quantitative estimate of drug-likeness (QED) is 0.241. The zero-order valence-corrected chi connectivity index (χ0v) is 20.7. The number of esters is 1. The second kappa shape index (κ2) is 12.1. The van der Waals surface area contributed by atoms with Crippen molar-refractivity contribution in [3.05, 3.63) is 63.5 Å². The van der Waals surface area contributed by atoms with Gasteiger partial charge in [-0.25, -0.2) is 0 Å². The summed E-state index contributed by atoms with van der Waals surface area (Å²) in [6.45, 7) is 2.78. The van der Waals surface area contributed by atoms with Gasteiger partial charge in [-0.1, -0.05) is 59.8 Å². The highest BCUT2D eigenvalue weighted by Gasteiger charge is 2.31. The lowest BCUT2D eigenvalue weighted by Crippen LogP contribution is -2.29. The van der Waals surface area contributed by atoms with Crippen molar-refractivity contribution in [2.45, 2.75) is 26.4 Å². The van der Waals surface area contributed by atoms with E-state index in [-0.39, 0.29) is 18.3 Å². The van der Waals surface area contributed by atoms with Crippen molar-refractivity contribution in [1.82, 2.24) is 4.90 Å². The fourth-order valence-electron chi connectivity index (χ4n) is 3.12. The van der Waals surface area contributed by atoms with Crippen molar-refractivity contribution in [1.29, 1.82) is 0 Å². The molecule has 6 nitrogen and oxygen atoms in total. The standard InChI is InChI=1S/C24H24ClNO5S2/c1-3-30-22(27)9-6-12-26-23(28)21(33-24(26)32)14-16-10-11-19(20(13-16)29-2)31-15-17-7-4-5-8-18(17)25/h4-5,7-8,10-11,13-14H,3,6,9,12,15H2,1-2H3/b21-14-. The van der Waals surface area contributed by atoms with E-state index in [0.29, 0.717) is 51.9 Å². The number of halogens is 1. The lowest BCUT2D eigenvalue weighted by Gasteiger charge is -2.14. The molecule has 0 aromatic heterocycles. The van der Waals surface area contributed by atoms with Crippen molar-refractivity contribution in [2.24, 2.45) is 0 Å². The first-order chi connectivity index (χ1) is 15.9. The van der Waals surface area contributed by atoms with Crippen LogP contribution in [0.15, 0.2) is 47.4 Å². The Hall–Kier alpha value is -2.55. The number of benzene rings is 2. The summed E-state index contributed by atoms with van der Waals surface area (Å²) in [6.07, 6.45) is 2.51. The highest BCUT2D eigenvalue weighted by molar-refractivity contribution is 8.26. The predicted octanol–water partition coefficient (Wildman–Crippen LogP) is 5.47. The van der Waals surface area contributed by atoms with Crippen molar-refractivity contribution in [2.75, 3.05) is 20.3 Å². The van der Waals surface area contributed by atoms with Crippen molar-refractivity contribution in [3.8, 4) is 11.5 Å². The third-order valence-electron chi connectivity index (χ3n) is 4.77. The lowest BCUT2D eigenvalue weighted by molar-refractivity contribution is -0.143.